The fourth-order valence-electron chi connectivity index (χ4n) is 2.88. The number of hydrogen-bond acceptors (Lipinski definition) is 2. The summed E-state index contributed by atoms with van der Waals surface area (Å²) >= 11 is 12.3. The number of nitrogens with zero attached hydrogens (tertiary/aromatic N) is 1. The topological polar surface area (TPSA) is 41.8 Å². The van der Waals surface area contributed by atoms with Crippen molar-refractivity contribution in [3.05, 3.63) is 63.6 Å². The largest absolute Gasteiger partial charge is 0.453 e. The number of hydrogen-bond donors (Lipinski definition) is 1. The van der Waals surface area contributed by atoms with Gasteiger partial charge >= 0.3 is 0 Å². The Morgan fingerprint density at radius 2 is 1.75 bits per heavy atom. The van der Waals surface area contributed by atoms with Crippen LogP contribution in [0.5, 0.6) is 0 Å². The quantitative estimate of drug-likeness (QED) is 0.450. The number of halogens is 2. The van der Waals surface area contributed by atoms with Gasteiger partial charge in [-0.15, -0.1) is 0 Å². The SMILES string of the molecule is Cc1cc(C)c2nc(-c3ccc(-c4cc(Cl)ccc4Cl)o3)[nH]c2c1. The summed E-state index contributed by atoms with van der Waals surface area (Å²) in [4.78, 5) is 7.98. The highest BCUT2D eigenvalue weighted by Gasteiger charge is 2.14. The minimum Gasteiger partial charge on any atom is -0.453 e. The predicted octanol–water partition coefficient (Wildman–Crippen LogP) is 6.41. The summed E-state index contributed by atoms with van der Waals surface area (Å²) < 4.78 is 5.95. The summed E-state index contributed by atoms with van der Waals surface area (Å²) in [7, 11) is 0. The van der Waals surface area contributed by atoms with E-state index in [2.05, 4.69) is 35.9 Å². The molecule has 0 fully saturated rings. The molecule has 2 aromatic carbocycles. The Labute approximate surface area is 149 Å². The van der Waals surface area contributed by atoms with E-state index in [1.54, 1.807) is 18.2 Å². The van der Waals surface area contributed by atoms with Crippen molar-refractivity contribution in [1.29, 1.82) is 0 Å². The van der Waals surface area contributed by atoms with E-state index in [4.69, 9.17) is 27.6 Å². The normalized spacial score (nSPS) is 11.3. The van der Waals surface area contributed by atoms with Crippen molar-refractivity contribution in [3.63, 3.8) is 0 Å². The third-order valence-electron chi connectivity index (χ3n) is 3.95. The molecule has 0 spiro atoms. The monoisotopic (exact) mass is 356 g/mol. The van der Waals surface area contributed by atoms with Crippen molar-refractivity contribution >= 4 is 34.2 Å². The van der Waals surface area contributed by atoms with Gasteiger partial charge in [0.2, 0.25) is 0 Å². The van der Waals surface area contributed by atoms with Crippen molar-refractivity contribution in [1.82, 2.24) is 9.97 Å². The van der Waals surface area contributed by atoms with E-state index in [1.807, 2.05) is 12.1 Å². The van der Waals surface area contributed by atoms with Gasteiger partial charge in [-0.3, -0.25) is 0 Å². The Hall–Kier alpha value is -2.23. The Kier molecular flexibility index (Phi) is 3.63. The molecule has 0 aliphatic carbocycles. The van der Waals surface area contributed by atoms with Gasteiger partial charge in [-0.1, -0.05) is 29.3 Å². The van der Waals surface area contributed by atoms with Crippen LogP contribution >= 0.6 is 23.2 Å². The molecule has 0 radical (unpaired) electrons. The molecule has 0 bridgehead atoms. The molecule has 5 heteroatoms. The second-order valence-corrected chi connectivity index (χ2v) is 6.70. The first-order valence-electron chi connectivity index (χ1n) is 7.54. The van der Waals surface area contributed by atoms with Crippen molar-refractivity contribution in [2.75, 3.05) is 0 Å². The first-order chi connectivity index (χ1) is 11.5. The lowest BCUT2D eigenvalue weighted by molar-refractivity contribution is 0.593. The zero-order chi connectivity index (χ0) is 16.8. The van der Waals surface area contributed by atoms with Crippen molar-refractivity contribution in [2.45, 2.75) is 13.8 Å². The number of nitrogens with one attached hydrogen (secondary N) is 1. The first kappa shape index (κ1) is 15.3. The van der Waals surface area contributed by atoms with Crippen molar-refractivity contribution < 1.29 is 4.42 Å². The summed E-state index contributed by atoms with van der Waals surface area (Å²) in [5.74, 6) is 2.02. The molecule has 2 aromatic heterocycles. The van der Waals surface area contributed by atoms with Gasteiger partial charge in [0.15, 0.2) is 11.6 Å². The second-order valence-electron chi connectivity index (χ2n) is 5.85. The van der Waals surface area contributed by atoms with Crippen LogP contribution in [-0.2, 0) is 0 Å². The van der Waals surface area contributed by atoms with Gasteiger partial charge in [0.05, 0.1) is 16.1 Å². The lowest BCUT2D eigenvalue weighted by Crippen LogP contribution is -1.79. The van der Waals surface area contributed by atoms with E-state index in [0.29, 0.717) is 27.4 Å². The van der Waals surface area contributed by atoms with Gasteiger partial charge < -0.3 is 9.40 Å². The Morgan fingerprint density at radius 3 is 2.58 bits per heavy atom. The average Bonchev–Trinajstić information content (AvgIpc) is 3.16. The smallest absolute Gasteiger partial charge is 0.174 e. The molecule has 4 aromatic rings. The van der Waals surface area contributed by atoms with Crippen LogP contribution in [-0.4, -0.2) is 9.97 Å². The maximum Gasteiger partial charge on any atom is 0.174 e. The van der Waals surface area contributed by atoms with Crippen molar-refractivity contribution in [2.24, 2.45) is 0 Å². The fourth-order valence-corrected chi connectivity index (χ4v) is 3.27. The Balaban J connectivity index is 1.80. The molecule has 3 nitrogen and oxygen atoms in total. The predicted molar refractivity (Wildman–Crippen MR) is 98.7 cm³/mol. The van der Waals surface area contributed by atoms with Gasteiger partial charge in [-0.05, 0) is 61.4 Å². The summed E-state index contributed by atoms with van der Waals surface area (Å²) in [6, 6.07) is 13.3. The molecule has 120 valence electrons. The number of imidazole rings is 1. The highest BCUT2D eigenvalue weighted by Crippen LogP contribution is 2.34. The summed E-state index contributed by atoms with van der Waals surface area (Å²) in [5.41, 5.74) is 5.05. The molecule has 1 N–H and O–H groups in total. The molecule has 0 amide bonds. The number of fused-ring (bicyclic) bond motifs is 1. The number of rotatable bonds is 2. The average molecular weight is 357 g/mol. The van der Waals surface area contributed by atoms with Crippen LogP contribution in [0.3, 0.4) is 0 Å². The van der Waals surface area contributed by atoms with E-state index in [0.717, 1.165) is 22.2 Å². The van der Waals surface area contributed by atoms with Crippen LogP contribution < -0.4 is 0 Å². The van der Waals surface area contributed by atoms with Crippen LogP contribution in [0.4, 0.5) is 0 Å². The number of furan rings is 1. The minimum atomic E-state index is 0.594. The van der Waals surface area contributed by atoms with E-state index < -0.39 is 0 Å². The Morgan fingerprint density at radius 1 is 0.958 bits per heavy atom. The van der Waals surface area contributed by atoms with Gasteiger partial charge in [0.25, 0.3) is 0 Å². The molecule has 4 rings (SSSR count). The highest BCUT2D eigenvalue weighted by atomic mass is 35.5. The van der Waals surface area contributed by atoms with Crippen LogP contribution in [0.15, 0.2) is 46.9 Å². The third kappa shape index (κ3) is 2.60. The van der Waals surface area contributed by atoms with Gasteiger partial charge in [-0.2, -0.15) is 0 Å². The molecule has 0 saturated heterocycles. The third-order valence-corrected chi connectivity index (χ3v) is 4.52. The lowest BCUT2D eigenvalue weighted by Gasteiger charge is -2.01. The zero-order valence-electron chi connectivity index (χ0n) is 13.2. The second kappa shape index (κ2) is 5.69. The van der Waals surface area contributed by atoms with Crippen LogP contribution in [0, 0.1) is 13.8 Å². The summed E-state index contributed by atoms with van der Waals surface area (Å²) in [5, 5.41) is 1.21. The lowest BCUT2D eigenvalue weighted by atomic mass is 10.1. The summed E-state index contributed by atoms with van der Waals surface area (Å²) in [6.07, 6.45) is 0. The number of benzene rings is 2. The molecule has 24 heavy (non-hydrogen) atoms. The minimum absolute atomic E-state index is 0.594. The van der Waals surface area contributed by atoms with Crippen LogP contribution in [0.25, 0.3) is 33.9 Å². The molecule has 0 saturated carbocycles. The Bertz CT molecular complexity index is 1060. The number of aryl methyl sites for hydroxylation is 2. The summed E-state index contributed by atoms with van der Waals surface area (Å²) in [6.45, 7) is 4.12. The molecular formula is C19H14Cl2N2O. The van der Waals surface area contributed by atoms with E-state index in [9.17, 15) is 0 Å². The first-order valence-corrected chi connectivity index (χ1v) is 8.29. The van der Waals surface area contributed by atoms with Gasteiger partial charge in [0.1, 0.15) is 5.76 Å². The zero-order valence-corrected chi connectivity index (χ0v) is 14.7. The van der Waals surface area contributed by atoms with E-state index in [1.165, 1.54) is 5.56 Å². The number of aromatic amines is 1. The van der Waals surface area contributed by atoms with Gasteiger partial charge in [0, 0.05) is 10.6 Å². The maximum atomic E-state index is 6.25. The van der Waals surface area contributed by atoms with E-state index in [-0.39, 0.29) is 0 Å². The molecule has 0 aliphatic rings. The van der Waals surface area contributed by atoms with Gasteiger partial charge in [-0.25, -0.2) is 4.98 Å². The molecule has 0 aliphatic heterocycles. The molecule has 2 heterocycles. The fraction of sp³-hybridized carbons (Fsp3) is 0.105. The van der Waals surface area contributed by atoms with Crippen molar-refractivity contribution in [3.8, 4) is 22.9 Å². The maximum absolute atomic E-state index is 6.25. The molecule has 0 unspecified atom stereocenters. The highest BCUT2D eigenvalue weighted by molar-refractivity contribution is 6.35. The van der Waals surface area contributed by atoms with Crippen LogP contribution in [0.1, 0.15) is 11.1 Å². The number of H-pyrrole nitrogens is 1. The number of aromatic nitrogens is 2. The van der Waals surface area contributed by atoms with E-state index >= 15 is 0 Å². The van der Waals surface area contributed by atoms with Crippen LogP contribution in [0.2, 0.25) is 10.0 Å². The standard InChI is InChI=1S/C19H14Cl2N2O/c1-10-7-11(2)18-15(8-10)22-19(23-18)17-6-5-16(24-17)13-9-12(20)3-4-14(13)21/h3-9H,1-2H3,(H,22,23). The molecule has 0 atom stereocenters. The molecular weight excluding hydrogens is 343 g/mol.